The molecule has 2 heterocycles. The van der Waals surface area contributed by atoms with E-state index in [2.05, 4.69) is 21.8 Å². The van der Waals surface area contributed by atoms with Gasteiger partial charge in [-0.05, 0) is 116 Å². The van der Waals surface area contributed by atoms with Crippen LogP contribution in [-0.4, -0.2) is 64.7 Å². The molecule has 2 aliphatic heterocycles. The fraction of sp³-hybridized carbons (Fsp3) is 0.629. The molecule has 8 nitrogen and oxygen atoms in total. The van der Waals surface area contributed by atoms with Crippen LogP contribution in [-0.2, 0) is 26.6 Å². The van der Waals surface area contributed by atoms with Crippen molar-refractivity contribution < 1.29 is 27.8 Å². The predicted octanol–water partition coefficient (Wildman–Crippen LogP) is 5.73. The lowest BCUT2D eigenvalue weighted by Gasteiger charge is -2.46. The number of nitrogens with zero attached hydrogens (tertiary/aromatic N) is 1. The molecule has 2 bridgehead atoms. The topological polar surface area (TPSA) is 105 Å². The molecule has 2 N–H and O–H groups in total. The summed E-state index contributed by atoms with van der Waals surface area (Å²) in [6.45, 7) is 4.40. The van der Waals surface area contributed by atoms with Gasteiger partial charge in [0.1, 0.15) is 5.75 Å². The van der Waals surface area contributed by atoms with E-state index in [-0.39, 0.29) is 30.5 Å². The van der Waals surface area contributed by atoms with E-state index in [0.29, 0.717) is 42.6 Å². The number of carbonyl (C=O) groups is 1. The van der Waals surface area contributed by atoms with Crippen molar-refractivity contribution >= 4 is 33.2 Å². The number of carbonyl (C=O) groups excluding carboxylic acids is 1. The average Bonchev–Trinajstić information content (AvgIpc) is 3.14. The van der Waals surface area contributed by atoms with E-state index in [1.54, 1.807) is 13.2 Å². The molecule has 0 unspecified atom stereocenters. The Hall–Kier alpha value is -2.33. The van der Waals surface area contributed by atoms with Crippen LogP contribution in [0.15, 0.2) is 36.4 Å². The van der Waals surface area contributed by atoms with Gasteiger partial charge in [-0.25, -0.2) is 13.1 Å². The number of methoxy groups -OCH3 is 1. The number of halogens is 1. The summed E-state index contributed by atoms with van der Waals surface area (Å²) >= 11 is 6.42. The van der Waals surface area contributed by atoms with Gasteiger partial charge in [0.2, 0.25) is 10.0 Å². The number of aryl methyl sites for hydroxylation is 1. The molecule has 45 heavy (non-hydrogen) atoms. The minimum Gasteiger partial charge on any atom is -0.490 e. The normalized spacial score (nSPS) is 31.5. The number of aliphatic hydroxyl groups is 1. The number of nitrogens with one attached hydrogen (secondary N) is 1. The molecule has 1 fully saturated rings. The molecule has 0 aromatic heterocycles. The van der Waals surface area contributed by atoms with Gasteiger partial charge in [-0.1, -0.05) is 31.0 Å². The number of fused-ring (bicyclic) bond motifs is 4. The zero-order valence-electron chi connectivity index (χ0n) is 26.5. The first kappa shape index (κ1) is 32.6. The van der Waals surface area contributed by atoms with Crippen LogP contribution < -0.4 is 14.4 Å². The minimum atomic E-state index is -3.98. The Bertz CT molecular complexity index is 1500. The minimum absolute atomic E-state index is 0.138. The largest absolute Gasteiger partial charge is 0.490 e. The SMILES string of the molecule is COCC[C@@H]1[C@@H](C)CCC[C@H](CO)[C@@H]2CC[C@H]2CN2C[C@@]3(CCCc4cc(Cl)ccc43)COc3ccc(cc32)C(=O)NS1(=O)=O. The van der Waals surface area contributed by atoms with Gasteiger partial charge in [0, 0.05) is 49.4 Å². The van der Waals surface area contributed by atoms with Crippen molar-refractivity contribution in [2.75, 3.05) is 44.9 Å². The van der Waals surface area contributed by atoms with E-state index in [0.717, 1.165) is 68.7 Å². The molecule has 2 aromatic rings. The number of ether oxygens (including phenoxy) is 2. The molecule has 2 aromatic carbocycles. The highest BCUT2D eigenvalue weighted by atomic mass is 35.5. The maximum Gasteiger partial charge on any atom is 0.264 e. The summed E-state index contributed by atoms with van der Waals surface area (Å²) in [5.74, 6) is 0.899. The fourth-order valence-corrected chi connectivity index (χ4v) is 10.4. The van der Waals surface area contributed by atoms with Crippen LogP contribution in [0.2, 0.25) is 5.02 Å². The Balaban J connectivity index is 1.40. The highest BCUT2D eigenvalue weighted by molar-refractivity contribution is 7.90. The van der Waals surface area contributed by atoms with Crippen molar-refractivity contribution in [1.29, 1.82) is 0 Å². The van der Waals surface area contributed by atoms with Crippen LogP contribution in [0.4, 0.5) is 5.69 Å². The van der Waals surface area contributed by atoms with E-state index >= 15 is 0 Å². The van der Waals surface area contributed by atoms with Crippen LogP contribution >= 0.6 is 11.6 Å². The number of hydrogen-bond donors (Lipinski definition) is 2. The van der Waals surface area contributed by atoms with Crippen molar-refractivity contribution in [3.63, 3.8) is 0 Å². The van der Waals surface area contributed by atoms with Crippen LogP contribution in [0, 0.1) is 23.7 Å². The van der Waals surface area contributed by atoms with Crippen LogP contribution in [0.25, 0.3) is 0 Å². The number of hydrogen-bond acceptors (Lipinski definition) is 7. The fourth-order valence-electron chi connectivity index (χ4n) is 8.55. The Morgan fingerprint density at radius 1 is 1.13 bits per heavy atom. The van der Waals surface area contributed by atoms with Gasteiger partial charge in [0.15, 0.2) is 0 Å². The van der Waals surface area contributed by atoms with E-state index in [4.69, 9.17) is 21.1 Å². The molecule has 1 amide bonds. The first-order valence-electron chi connectivity index (χ1n) is 16.6. The second-order valence-electron chi connectivity index (χ2n) is 13.9. The standard InChI is InChI=1S/C35H47ClN2O6S/c1-23-5-3-6-27(20-39)29-11-8-26(29)19-38-21-35(15-4-7-24-17-28(36)10-12-30(24)35)22-44-32-13-9-25(18-31(32)38)34(40)37-45(41,42)33(23)14-16-43-2/h9-10,12-13,17-18,23,26-27,29,33,39H,3-8,11,14-16,19-22H2,1-2H3,(H,37,40)/t23-,26-,27+,29+,33+,35-/m0/s1. The molecular formula is C35H47ClN2O6S. The number of sulfonamides is 1. The molecule has 10 heteroatoms. The summed E-state index contributed by atoms with van der Waals surface area (Å²) in [5, 5.41) is 10.5. The van der Waals surface area contributed by atoms with Crippen molar-refractivity contribution in [2.24, 2.45) is 23.7 Å². The lowest BCUT2D eigenvalue weighted by molar-refractivity contribution is 0.0568. The Morgan fingerprint density at radius 3 is 2.73 bits per heavy atom. The predicted molar refractivity (Wildman–Crippen MR) is 177 cm³/mol. The summed E-state index contributed by atoms with van der Waals surface area (Å²) in [7, 11) is -2.43. The number of amides is 1. The van der Waals surface area contributed by atoms with Crippen LogP contribution in [0.1, 0.15) is 79.8 Å². The zero-order valence-corrected chi connectivity index (χ0v) is 28.0. The summed E-state index contributed by atoms with van der Waals surface area (Å²) in [6, 6.07) is 11.5. The van der Waals surface area contributed by atoms with Gasteiger partial charge in [-0.15, -0.1) is 0 Å². The lowest BCUT2D eigenvalue weighted by Crippen LogP contribution is -2.49. The molecule has 1 spiro atoms. The van der Waals surface area contributed by atoms with E-state index in [1.165, 1.54) is 11.1 Å². The zero-order chi connectivity index (χ0) is 31.8. The van der Waals surface area contributed by atoms with Crippen molar-refractivity contribution in [3.05, 3.63) is 58.1 Å². The monoisotopic (exact) mass is 658 g/mol. The smallest absolute Gasteiger partial charge is 0.264 e. The molecule has 6 atom stereocenters. The van der Waals surface area contributed by atoms with Gasteiger partial charge in [-0.2, -0.15) is 0 Å². The Morgan fingerprint density at radius 2 is 1.98 bits per heavy atom. The van der Waals surface area contributed by atoms with E-state index < -0.39 is 21.2 Å². The lowest BCUT2D eigenvalue weighted by atomic mass is 9.65. The first-order chi connectivity index (χ1) is 21.6. The van der Waals surface area contributed by atoms with Crippen molar-refractivity contribution in [3.8, 4) is 5.75 Å². The van der Waals surface area contributed by atoms with Crippen molar-refractivity contribution in [1.82, 2.24) is 4.72 Å². The van der Waals surface area contributed by atoms with Gasteiger partial charge < -0.3 is 19.5 Å². The van der Waals surface area contributed by atoms with Gasteiger partial charge in [-0.3, -0.25) is 4.79 Å². The molecule has 0 saturated heterocycles. The van der Waals surface area contributed by atoms with Gasteiger partial charge in [0.25, 0.3) is 5.91 Å². The highest BCUT2D eigenvalue weighted by Crippen LogP contribution is 2.48. The number of benzene rings is 2. The summed E-state index contributed by atoms with van der Waals surface area (Å²) in [6.07, 6.45) is 7.86. The molecule has 4 aliphatic rings. The molecular weight excluding hydrogens is 612 g/mol. The van der Waals surface area contributed by atoms with Crippen LogP contribution in [0.3, 0.4) is 0 Å². The van der Waals surface area contributed by atoms with E-state index in [9.17, 15) is 18.3 Å². The molecule has 2 aliphatic carbocycles. The summed E-state index contributed by atoms with van der Waals surface area (Å²) in [5.41, 5.74) is 3.41. The molecule has 6 rings (SSSR count). The first-order valence-corrected chi connectivity index (χ1v) is 18.5. The quantitative estimate of drug-likeness (QED) is 0.432. The Kier molecular flexibility index (Phi) is 9.72. The average molecular weight is 659 g/mol. The third kappa shape index (κ3) is 6.60. The second-order valence-corrected chi connectivity index (χ2v) is 16.3. The molecule has 246 valence electrons. The molecule has 1 saturated carbocycles. The second kappa shape index (κ2) is 13.4. The van der Waals surface area contributed by atoms with Crippen molar-refractivity contribution in [2.45, 2.75) is 75.4 Å². The maximum absolute atomic E-state index is 13.7. The number of anilines is 1. The number of rotatable bonds is 4. The summed E-state index contributed by atoms with van der Waals surface area (Å²) < 4.78 is 41.6. The van der Waals surface area contributed by atoms with Gasteiger partial charge >= 0.3 is 0 Å². The third-order valence-electron chi connectivity index (χ3n) is 11.2. The number of aliphatic hydroxyl groups excluding tert-OH is 1. The molecule has 0 radical (unpaired) electrons. The third-order valence-corrected chi connectivity index (χ3v) is 13.4. The highest BCUT2D eigenvalue weighted by Gasteiger charge is 2.44. The van der Waals surface area contributed by atoms with E-state index in [1.807, 2.05) is 25.1 Å². The Labute approximate surface area is 272 Å². The summed E-state index contributed by atoms with van der Waals surface area (Å²) in [4.78, 5) is 16.0. The maximum atomic E-state index is 13.7. The van der Waals surface area contributed by atoms with Gasteiger partial charge in [0.05, 0.1) is 17.5 Å². The van der Waals surface area contributed by atoms with Crippen LogP contribution in [0.5, 0.6) is 5.75 Å².